The van der Waals surface area contributed by atoms with E-state index in [1.54, 1.807) is 5.57 Å². The van der Waals surface area contributed by atoms with E-state index in [4.69, 9.17) is 2.97 Å². The maximum atomic E-state index is 5.00. The summed E-state index contributed by atoms with van der Waals surface area (Å²) in [6.07, 6.45) is 9.07. The standard InChI is InChI=1S/C9H14.H2/c1-8(2)7-9-5-3-4-6-9;/h3-5,8H,6-7H2,1-2H3;1H/i;1+1D. The van der Waals surface area contributed by atoms with E-state index in [0.717, 1.165) is 5.92 Å². The lowest BCUT2D eigenvalue weighted by atomic mass is 10.0. The Hall–Kier alpha value is -0.520. The second kappa shape index (κ2) is 2.86. The summed E-state index contributed by atoms with van der Waals surface area (Å²) in [4.78, 5) is 0. The van der Waals surface area contributed by atoms with Gasteiger partial charge in [-0.1, -0.05) is 37.6 Å². The Morgan fingerprint density at radius 1 is 1.78 bits per heavy atom. The summed E-state index contributed by atoms with van der Waals surface area (Å²) in [6.45, 7) is 4.53. The third-order valence-electron chi connectivity index (χ3n) is 1.52. The Labute approximate surface area is 60.4 Å². The van der Waals surface area contributed by atoms with Crippen LogP contribution in [-0.4, -0.2) is 0 Å². The molecule has 0 aromatic heterocycles. The van der Waals surface area contributed by atoms with Gasteiger partial charge in [0.15, 0.2) is 0 Å². The number of allylic oxidation sites excluding steroid dienone is 4. The van der Waals surface area contributed by atoms with Crippen molar-refractivity contribution in [1.29, 1.82) is 0 Å². The molecule has 0 aromatic carbocycles. The van der Waals surface area contributed by atoms with Crippen molar-refractivity contribution in [3.63, 3.8) is 0 Å². The highest BCUT2D eigenvalue weighted by Gasteiger charge is 2.00. The van der Waals surface area contributed by atoms with Crippen LogP contribution in [0.4, 0.5) is 0 Å². The molecule has 0 unspecified atom stereocenters. The second-order valence-corrected chi connectivity index (χ2v) is 3.06. The van der Waals surface area contributed by atoms with Crippen LogP contribution in [-0.2, 0) is 0 Å². The van der Waals surface area contributed by atoms with Gasteiger partial charge in [-0.25, -0.2) is 0 Å². The molecule has 0 radical (unpaired) electrons. The topological polar surface area (TPSA) is 0 Å². The fourth-order valence-corrected chi connectivity index (χ4v) is 1.17. The van der Waals surface area contributed by atoms with Gasteiger partial charge in [-0.05, 0) is 18.8 Å². The molecule has 0 fully saturated rings. The van der Waals surface area contributed by atoms with E-state index >= 15 is 0 Å². The largest absolute Gasteiger partial charge is 0.0805 e. The molecule has 0 aromatic rings. The molecule has 0 saturated heterocycles. The fourth-order valence-electron chi connectivity index (χ4n) is 1.17. The minimum atomic E-state index is 0.816. The van der Waals surface area contributed by atoms with Gasteiger partial charge in [0.05, 0.1) is 0 Å². The van der Waals surface area contributed by atoms with Crippen LogP contribution in [0.3, 0.4) is 0 Å². The predicted octanol–water partition coefficient (Wildman–Crippen LogP) is 3.16. The first-order valence-corrected chi connectivity index (χ1v) is 3.63. The molecule has 52 valence electrons. The molecule has 0 aliphatic heterocycles. The van der Waals surface area contributed by atoms with Crippen LogP contribution < -0.4 is 0 Å². The Kier molecular flexibility index (Phi) is 1.68. The molecule has 0 saturated carbocycles. The SMILES string of the molecule is CC(C)CC1=CC=CC1.[2H][2H]. The zero-order chi connectivity index (χ0) is 8.69. The average Bonchev–Trinajstić information content (AvgIpc) is 2.43. The Morgan fingerprint density at radius 3 is 3.00 bits per heavy atom. The molecule has 0 amide bonds. The maximum Gasteiger partial charge on any atom is 0 e. The van der Waals surface area contributed by atoms with Crippen molar-refractivity contribution >= 4 is 0 Å². The molecule has 9 heavy (non-hydrogen) atoms. The summed E-state index contributed by atoms with van der Waals surface area (Å²) >= 11 is 0. The molecule has 0 spiro atoms. The van der Waals surface area contributed by atoms with E-state index in [2.05, 4.69) is 32.1 Å². The first-order valence-electron chi connectivity index (χ1n) is 4.63. The molecule has 1 rings (SSSR count). The zero-order valence-electron chi connectivity index (χ0n) is 8.22. The fraction of sp³-hybridized carbons (Fsp3) is 0.556. The van der Waals surface area contributed by atoms with E-state index in [0.29, 0.717) is 0 Å². The first kappa shape index (κ1) is 5.28. The predicted molar refractivity (Wildman–Crippen MR) is 43.4 cm³/mol. The molecule has 0 bridgehead atoms. The molecule has 0 heteroatoms. The molecule has 0 nitrogen and oxygen atoms in total. The molecule has 0 N–H and O–H groups in total. The lowest BCUT2D eigenvalue weighted by molar-refractivity contribution is 0.637. The van der Waals surface area contributed by atoms with Gasteiger partial charge in [0.2, 0.25) is 0 Å². The van der Waals surface area contributed by atoms with Crippen LogP contribution in [0.25, 0.3) is 0 Å². The minimum absolute atomic E-state index is 0.816. The Bertz CT molecular complexity index is 146. The molecular formula is C9H16. The monoisotopic (exact) mass is 126 g/mol. The summed E-state index contributed by atoms with van der Waals surface area (Å²) in [5.41, 5.74) is 1.59. The molecular weight excluding hydrogens is 108 g/mol. The average molecular weight is 126 g/mol. The smallest absolute Gasteiger partial charge is 0 e. The summed E-state index contributed by atoms with van der Waals surface area (Å²) in [6, 6.07) is 0. The molecule has 1 aliphatic carbocycles. The highest BCUT2D eigenvalue weighted by molar-refractivity contribution is 5.22. The zero-order valence-corrected chi connectivity index (χ0v) is 6.22. The van der Waals surface area contributed by atoms with E-state index in [1.807, 2.05) is 0 Å². The van der Waals surface area contributed by atoms with E-state index in [-0.39, 0.29) is 0 Å². The maximum absolute atomic E-state index is 5.00. The third kappa shape index (κ3) is 2.05. The lowest BCUT2D eigenvalue weighted by Gasteiger charge is -2.03. The van der Waals surface area contributed by atoms with Crippen LogP contribution in [0, 0.1) is 5.92 Å². The summed E-state index contributed by atoms with van der Waals surface area (Å²) in [7, 11) is 0. The Morgan fingerprint density at radius 2 is 2.56 bits per heavy atom. The van der Waals surface area contributed by atoms with Crippen molar-refractivity contribution in [3.05, 3.63) is 23.8 Å². The van der Waals surface area contributed by atoms with E-state index < -0.39 is 0 Å². The van der Waals surface area contributed by atoms with Crippen LogP contribution in [0.1, 0.15) is 29.7 Å². The van der Waals surface area contributed by atoms with Gasteiger partial charge in [0.1, 0.15) is 0 Å². The van der Waals surface area contributed by atoms with Gasteiger partial charge >= 0.3 is 0 Å². The van der Waals surface area contributed by atoms with E-state index in [1.165, 1.54) is 12.8 Å². The summed E-state index contributed by atoms with van der Waals surface area (Å²) < 4.78 is 10.0. The van der Waals surface area contributed by atoms with Crippen LogP contribution >= 0.6 is 0 Å². The summed E-state index contributed by atoms with van der Waals surface area (Å²) in [5, 5.41) is 0. The van der Waals surface area contributed by atoms with Crippen molar-refractivity contribution in [2.75, 3.05) is 0 Å². The quantitative estimate of drug-likeness (QED) is 0.533. The van der Waals surface area contributed by atoms with Crippen molar-refractivity contribution in [1.82, 2.24) is 0 Å². The van der Waals surface area contributed by atoms with Crippen LogP contribution in [0.15, 0.2) is 23.8 Å². The van der Waals surface area contributed by atoms with Gasteiger partial charge in [-0.2, -0.15) is 0 Å². The Balaban J connectivity index is 0.000000461. The number of rotatable bonds is 2. The van der Waals surface area contributed by atoms with Gasteiger partial charge in [-0.15, -0.1) is 0 Å². The van der Waals surface area contributed by atoms with Crippen molar-refractivity contribution < 1.29 is 2.97 Å². The normalized spacial score (nSPS) is 17.9. The summed E-state index contributed by atoms with van der Waals surface area (Å²) in [5.74, 6) is 0.816. The van der Waals surface area contributed by atoms with Crippen molar-refractivity contribution in [2.24, 2.45) is 5.92 Å². The minimum Gasteiger partial charge on any atom is -0.0805 e. The van der Waals surface area contributed by atoms with Gasteiger partial charge in [0.25, 0.3) is 0 Å². The molecule has 0 atom stereocenters. The first-order chi connectivity index (χ1) is 5.29. The third-order valence-corrected chi connectivity index (χ3v) is 1.52. The number of hydrogen-bond acceptors (Lipinski definition) is 0. The highest BCUT2D eigenvalue weighted by Crippen LogP contribution is 2.18. The van der Waals surface area contributed by atoms with Crippen molar-refractivity contribution in [2.45, 2.75) is 26.7 Å². The number of hydrogen-bond donors (Lipinski definition) is 0. The van der Waals surface area contributed by atoms with Gasteiger partial charge in [0, 0.05) is 2.97 Å². The van der Waals surface area contributed by atoms with Crippen LogP contribution in [0.2, 0.25) is 0 Å². The van der Waals surface area contributed by atoms with Gasteiger partial charge < -0.3 is 0 Å². The van der Waals surface area contributed by atoms with E-state index in [9.17, 15) is 0 Å². The van der Waals surface area contributed by atoms with Crippen molar-refractivity contribution in [3.8, 4) is 0 Å². The molecule has 1 aliphatic rings. The van der Waals surface area contributed by atoms with Gasteiger partial charge in [-0.3, -0.25) is 0 Å². The highest BCUT2D eigenvalue weighted by atomic mass is 14.1. The van der Waals surface area contributed by atoms with Crippen LogP contribution in [0.5, 0.6) is 0 Å². The molecule has 0 heterocycles. The lowest BCUT2D eigenvalue weighted by Crippen LogP contribution is -1.88. The second-order valence-electron chi connectivity index (χ2n) is 3.06.